The number of methoxy groups -OCH3 is 8. The summed E-state index contributed by atoms with van der Waals surface area (Å²) >= 11 is 0. The van der Waals surface area contributed by atoms with Gasteiger partial charge in [0.05, 0.1) is 0 Å². The molecule has 0 spiro atoms. The summed E-state index contributed by atoms with van der Waals surface area (Å²) in [6, 6.07) is 41.6. The minimum Gasteiger partial charge on any atom is -0.360 e. The van der Waals surface area contributed by atoms with Gasteiger partial charge in [0.15, 0.2) is 20.1 Å². The molecule has 8 nitrogen and oxygen atoms in total. The van der Waals surface area contributed by atoms with Crippen LogP contribution in [0, 0.1) is 0 Å². The molecule has 0 radical (unpaired) electrons. The van der Waals surface area contributed by atoms with Gasteiger partial charge in [0.25, 0.3) is 0 Å². The predicted molar refractivity (Wildman–Crippen MR) is 211 cm³/mol. The molecule has 49 heavy (non-hydrogen) atoms. The van der Waals surface area contributed by atoms with Crippen LogP contribution in [-0.2, 0) is 37.9 Å². The average molecular weight is 753 g/mol. The van der Waals surface area contributed by atoms with Crippen molar-refractivity contribution in [3.8, 4) is 0 Å². The molecule has 0 aromatic heterocycles. The largest absolute Gasteiger partial charge is 0.360 e. The van der Waals surface area contributed by atoms with Gasteiger partial charge in [-0.2, -0.15) is 0 Å². The molecule has 0 N–H and O–H groups in total. The average Bonchev–Trinajstić information content (AvgIpc) is 3.17. The first kappa shape index (κ1) is 39.4. The third-order valence-corrected chi connectivity index (χ3v) is 32.4. The fraction of sp³-hybridized carbons (Fsp3) is 0.333. The maximum Gasteiger partial charge on any atom is 0.302 e. The molecule has 0 fully saturated rings. The molecule has 0 atom stereocenters. The zero-order valence-electron chi connectivity index (χ0n) is 30.1. The molecule has 0 amide bonds. The van der Waals surface area contributed by atoms with Crippen LogP contribution in [0.4, 0.5) is 0 Å². The van der Waals surface area contributed by atoms with E-state index in [2.05, 4.69) is 97.1 Å². The zero-order valence-corrected chi connectivity index (χ0v) is 36.8. The lowest BCUT2D eigenvalue weighted by Gasteiger charge is -2.66. The Kier molecular flexibility index (Phi) is 14.3. The molecule has 4 rings (SSSR count). The van der Waals surface area contributed by atoms with Crippen molar-refractivity contribution in [3.05, 3.63) is 121 Å². The maximum absolute atomic E-state index is 6.99. The Morgan fingerprint density at radius 2 is 0.469 bits per heavy atom. The van der Waals surface area contributed by atoms with Crippen molar-refractivity contribution >= 4 is 66.9 Å². The summed E-state index contributed by atoms with van der Waals surface area (Å²) in [5, 5.41) is -0.724. The van der Waals surface area contributed by atoms with E-state index in [0.29, 0.717) is 0 Å². The zero-order chi connectivity index (χ0) is 35.4. The van der Waals surface area contributed by atoms with E-state index < -0.39 is 66.3 Å². The summed E-state index contributed by atoms with van der Waals surface area (Å²) in [7, 11) is 3.35. The topological polar surface area (TPSA) is 73.8 Å². The summed E-state index contributed by atoms with van der Waals surface area (Å²) in [6.45, 7) is 0. The second-order valence-corrected chi connectivity index (χ2v) is 27.8. The van der Waals surface area contributed by atoms with E-state index in [-0.39, 0.29) is 0 Å². The van der Waals surface area contributed by atoms with E-state index in [0.717, 1.165) is 20.7 Å². The van der Waals surface area contributed by atoms with Crippen molar-refractivity contribution < 1.29 is 37.9 Å². The maximum atomic E-state index is 6.99. The van der Waals surface area contributed by atoms with Crippen molar-refractivity contribution in [2.24, 2.45) is 0 Å². The van der Waals surface area contributed by atoms with Gasteiger partial charge in [0, 0.05) is 56.9 Å². The molecule has 0 saturated carbocycles. The van der Waals surface area contributed by atoms with Gasteiger partial charge in [-0.15, -0.1) is 0 Å². The molecule has 0 bridgehead atoms. The van der Waals surface area contributed by atoms with E-state index in [1.165, 1.54) is 0 Å². The minimum absolute atomic E-state index is 1.13. The molecular weight excluding hydrogens is 701 g/mol. The summed E-state index contributed by atoms with van der Waals surface area (Å²) in [6.07, 6.45) is 0. The highest BCUT2D eigenvalue weighted by molar-refractivity contribution is 7.10. The standard InChI is InChI=1S/C36H52O8Si5/c1-37-33(38-2,45-29-21-13-9-14-22-29)49(34(39-3,40-4)46-30-23-15-10-16-24-30,35(41-5,42-6)47-31-25-17-11-18-26-31)36(43-7,44-8)48-32-27-19-12-20-28-32/h9-28H,45-48H2,1-8H3. The quantitative estimate of drug-likeness (QED) is 0.0873. The Hall–Kier alpha value is -2.36. The lowest BCUT2D eigenvalue weighted by molar-refractivity contribution is -0.207. The Morgan fingerprint density at radius 3 is 0.612 bits per heavy atom. The van der Waals surface area contributed by atoms with Crippen LogP contribution in [0.5, 0.6) is 0 Å². The van der Waals surface area contributed by atoms with Crippen LogP contribution in [0.25, 0.3) is 0 Å². The van der Waals surface area contributed by atoms with Crippen molar-refractivity contribution in [2.45, 2.75) is 20.1 Å². The smallest absolute Gasteiger partial charge is 0.302 e. The molecule has 0 aliphatic rings. The Balaban J connectivity index is 2.31. The molecule has 4 aromatic rings. The Bertz CT molecular complexity index is 1290. The fourth-order valence-electron chi connectivity index (χ4n) is 7.87. The molecule has 0 heterocycles. The van der Waals surface area contributed by atoms with Gasteiger partial charge in [0.1, 0.15) is 38.1 Å². The Labute approximate surface area is 302 Å². The van der Waals surface area contributed by atoms with Crippen LogP contribution in [-0.4, -0.2) is 123 Å². The summed E-state index contributed by atoms with van der Waals surface area (Å²) in [4.78, 5) is 0. The molecule has 0 saturated heterocycles. The van der Waals surface area contributed by atoms with Gasteiger partial charge in [0.2, 0.25) is 0 Å². The lowest BCUT2D eigenvalue weighted by atomic mass is 10.4. The first-order valence-electron chi connectivity index (χ1n) is 16.4. The number of ether oxygens (including phenoxy) is 8. The van der Waals surface area contributed by atoms with Gasteiger partial charge in [-0.1, -0.05) is 142 Å². The molecule has 13 heteroatoms. The molecular formula is C36H52O8Si5. The molecule has 0 unspecified atom stereocenters. The second-order valence-electron chi connectivity index (χ2n) is 12.0. The van der Waals surface area contributed by atoms with E-state index in [4.69, 9.17) is 37.9 Å². The van der Waals surface area contributed by atoms with E-state index in [1.807, 2.05) is 24.3 Å². The summed E-state index contributed by atoms with van der Waals surface area (Å²) in [5.74, 6) is 0. The van der Waals surface area contributed by atoms with Gasteiger partial charge < -0.3 is 37.9 Å². The summed E-state index contributed by atoms with van der Waals surface area (Å²) in [5.41, 5.74) is 0. The van der Waals surface area contributed by atoms with Crippen LogP contribution in [0.3, 0.4) is 0 Å². The van der Waals surface area contributed by atoms with Gasteiger partial charge in [-0.05, 0) is 0 Å². The van der Waals surface area contributed by atoms with Gasteiger partial charge in [-0.3, -0.25) is 0 Å². The lowest BCUT2D eigenvalue weighted by Crippen LogP contribution is -2.99. The van der Waals surface area contributed by atoms with Gasteiger partial charge >= 0.3 is 8.07 Å². The van der Waals surface area contributed by atoms with Crippen molar-refractivity contribution in [3.63, 3.8) is 0 Å². The van der Waals surface area contributed by atoms with Gasteiger partial charge in [-0.25, -0.2) is 0 Å². The Morgan fingerprint density at radius 1 is 0.306 bits per heavy atom. The highest BCUT2D eigenvalue weighted by Crippen LogP contribution is 2.52. The van der Waals surface area contributed by atoms with E-state index in [9.17, 15) is 0 Å². The van der Waals surface area contributed by atoms with Crippen LogP contribution < -0.4 is 20.7 Å². The molecule has 0 aliphatic carbocycles. The highest BCUT2D eigenvalue weighted by Gasteiger charge is 2.87. The monoisotopic (exact) mass is 752 g/mol. The highest BCUT2D eigenvalue weighted by atomic mass is 28.4. The third-order valence-electron chi connectivity index (χ3n) is 10.0. The van der Waals surface area contributed by atoms with E-state index >= 15 is 0 Å². The first-order chi connectivity index (χ1) is 23.8. The third kappa shape index (κ3) is 7.23. The van der Waals surface area contributed by atoms with Crippen molar-refractivity contribution in [1.29, 1.82) is 0 Å². The number of hydrogen-bond donors (Lipinski definition) is 0. The van der Waals surface area contributed by atoms with E-state index in [1.54, 1.807) is 56.9 Å². The second kappa shape index (κ2) is 17.7. The first-order valence-corrected chi connectivity index (χ1v) is 24.0. The van der Waals surface area contributed by atoms with Crippen LogP contribution >= 0.6 is 0 Å². The van der Waals surface area contributed by atoms with Crippen LogP contribution in [0.2, 0.25) is 0 Å². The molecule has 264 valence electrons. The minimum atomic E-state index is -4.18. The number of benzene rings is 4. The SMILES string of the molecule is COC(OC)([SiH2]c1ccccc1)[Si](C(OC)(OC)[SiH2]c1ccccc1)(C(OC)(OC)[SiH2]c1ccccc1)C(OC)(OC)[SiH2]c1ccccc1. The normalized spacial score (nSPS) is 15.0. The molecule has 4 aromatic carbocycles. The fourth-order valence-corrected chi connectivity index (χ4v) is 40.0. The number of rotatable bonds is 20. The van der Waals surface area contributed by atoms with Crippen LogP contribution in [0.1, 0.15) is 0 Å². The van der Waals surface area contributed by atoms with Crippen LogP contribution in [0.15, 0.2) is 121 Å². The number of hydrogen-bond acceptors (Lipinski definition) is 8. The predicted octanol–water partition coefficient (Wildman–Crippen LogP) is -0.644. The van der Waals surface area contributed by atoms with Crippen molar-refractivity contribution in [1.82, 2.24) is 0 Å². The van der Waals surface area contributed by atoms with Crippen molar-refractivity contribution in [2.75, 3.05) is 56.9 Å². The summed E-state index contributed by atoms with van der Waals surface area (Å²) < 4.78 is 55.9. The molecule has 0 aliphatic heterocycles.